The third-order valence-electron chi connectivity index (χ3n) is 4.08. The van der Waals surface area contributed by atoms with Crippen LogP contribution in [0.1, 0.15) is 0 Å². The van der Waals surface area contributed by atoms with Crippen LogP contribution in [0.25, 0.3) is 33.5 Å². The largest absolute Gasteiger partial charge is 0.497 e. The normalized spacial score (nSPS) is 10.9. The van der Waals surface area contributed by atoms with Crippen LogP contribution >= 0.6 is 0 Å². The predicted molar refractivity (Wildman–Crippen MR) is 93.7 cm³/mol. The summed E-state index contributed by atoms with van der Waals surface area (Å²) in [6.45, 7) is 0. The van der Waals surface area contributed by atoms with Crippen molar-refractivity contribution in [3.05, 3.63) is 60.9 Å². The van der Waals surface area contributed by atoms with Gasteiger partial charge in [-0.1, -0.05) is 24.3 Å². The number of fused-ring (bicyclic) bond motifs is 1. The van der Waals surface area contributed by atoms with Crippen molar-refractivity contribution in [3.8, 4) is 28.5 Å². The summed E-state index contributed by atoms with van der Waals surface area (Å²) < 4.78 is 7.17. The maximum atomic E-state index is 5.23. The smallest absolute Gasteiger partial charge is 0.160 e. The molecule has 0 aliphatic rings. The van der Waals surface area contributed by atoms with Crippen LogP contribution in [-0.2, 0) is 7.05 Å². The molecule has 0 saturated carbocycles. The van der Waals surface area contributed by atoms with E-state index < -0.39 is 0 Å². The highest BCUT2D eigenvalue weighted by molar-refractivity contribution is 6.00. The number of hydrogen-bond acceptors (Lipinski definition) is 4. The van der Waals surface area contributed by atoms with E-state index in [9.17, 15) is 0 Å². The number of aryl methyl sites for hydroxylation is 1. The molecule has 5 heteroatoms. The van der Waals surface area contributed by atoms with Gasteiger partial charge in [0.25, 0.3) is 0 Å². The summed E-state index contributed by atoms with van der Waals surface area (Å²) >= 11 is 0. The first-order valence-electron chi connectivity index (χ1n) is 7.65. The molecule has 2 aromatic carbocycles. The molecule has 118 valence electrons. The topological polar surface area (TPSA) is 52.8 Å². The second-order valence-corrected chi connectivity index (χ2v) is 5.53. The summed E-state index contributed by atoms with van der Waals surface area (Å²) in [5.74, 6) is 1.63. The molecule has 0 aliphatic heterocycles. The van der Waals surface area contributed by atoms with Crippen LogP contribution in [0, 0.1) is 0 Å². The van der Waals surface area contributed by atoms with Gasteiger partial charge in [-0.3, -0.25) is 0 Å². The van der Waals surface area contributed by atoms with Crippen LogP contribution in [0.3, 0.4) is 0 Å². The summed E-state index contributed by atoms with van der Waals surface area (Å²) in [5, 5.41) is 11.0. The Morgan fingerprint density at radius 2 is 1.54 bits per heavy atom. The zero-order chi connectivity index (χ0) is 16.5. The molecule has 2 heterocycles. The lowest BCUT2D eigenvalue weighted by Crippen LogP contribution is -1.99. The van der Waals surface area contributed by atoms with Gasteiger partial charge in [0.1, 0.15) is 17.1 Å². The van der Waals surface area contributed by atoms with Crippen molar-refractivity contribution in [3.63, 3.8) is 0 Å². The maximum Gasteiger partial charge on any atom is 0.160 e. The minimum atomic E-state index is 0.787. The number of aromatic nitrogens is 4. The summed E-state index contributed by atoms with van der Waals surface area (Å²) in [7, 11) is 3.61. The summed E-state index contributed by atoms with van der Waals surface area (Å²) in [4.78, 5) is 4.41. The van der Waals surface area contributed by atoms with Crippen molar-refractivity contribution in [1.29, 1.82) is 0 Å². The molecule has 4 rings (SSSR count). The van der Waals surface area contributed by atoms with Crippen molar-refractivity contribution in [2.75, 3.05) is 7.11 Å². The number of imidazole rings is 1. The number of rotatable bonds is 3. The first kappa shape index (κ1) is 14.4. The average Bonchev–Trinajstić information content (AvgIpc) is 3.07. The molecular formula is C19H16N4O. The number of hydrogen-bond donors (Lipinski definition) is 0. The Labute approximate surface area is 139 Å². The van der Waals surface area contributed by atoms with E-state index in [0.717, 1.165) is 39.3 Å². The van der Waals surface area contributed by atoms with E-state index in [4.69, 9.17) is 4.74 Å². The quantitative estimate of drug-likeness (QED) is 0.578. The zero-order valence-corrected chi connectivity index (χ0v) is 13.5. The Morgan fingerprint density at radius 1 is 0.875 bits per heavy atom. The molecule has 2 aromatic heterocycles. The van der Waals surface area contributed by atoms with Gasteiger partial charge in [0.15, 0.2) is 5.82 Å². The predicted octanol–water partition coefficient (Wildman–Crippen LogP) is 3.71. The van der Waals surface area contributed by atoms with Gasteiger partial charge < -0.3 is 9.30 Å². The third-order valence-corrected chi connectivity index (χ3v) is 4.08. The minimum Gasteiger partial charge on any atom is -0.497 e. The molecule has 5 nitrogen and oxygen atoms in total. The van der Waals surface area contributed by atoms with E-state index in [2.05, 4.69) is 27.3 Å². The lowest BCUT2D eigenvalue weighted by molar-refractivity contribution is 0.415. The van der Waals surface area contributed by atoms with Crippen LogP contribution in [0.15, 0.2) is 60.9 Å². The van der Waals surface area contributed by atoms with Gasteiger partial charge in [-0.15, -0.1) is 10.2 Å². The second kappa shape index (κ2) is 5.77. The van der Waals surface area contributed by atoms with Crippen LogP contribution < -0.4 is 4.74 Å². The van der Waals surface area contributed by atoms with Crippen LogP contribution in [0.4, 0.5) is 0 Å². The second-order valence-electron chi connectivity index (χ2n) is 5.53. The molecule has 0 atom stereocenters. The van der Waals surface area contributed by atoms with Gasteiger partial charge >= 0.3 is 0 Å². The van der Waals surface area contributed by atoms with E-state index in [1.54, 1.807) is 13.3 Å². The highest BCUT2D eigenvalue weighted by Gasteiger charge is 2.14. The Morgan fingerprint density at radius 3 is 2.17 bits per heavy atom. The summed E-state index contributed by atoms with van der Waals surface area (Å²) in [6, 6.07) is 16.0. The fraction of sp³-hybridized carbons (Fsp3) is 0.105. The van der Waals surface area contributed by atoms with E-state index in [-0.39, 0.29) is 0 Å². The Hall–Kier alpha value is -3.21. The molecule has 0 saturated heterocycles. The molecule has 4 aromatic rings. The molecule has 24 heavy (non-hydrogen) atoms. The molecule has 0 spiro atoms. The van der Waals surface area contributed by atoms with E-state index in [1.807, 2.05) is 54.2 Å². The Kier molecular flexibility index (Phi) is 3.46. The molecule has 0 N–H and O–H groups in total. The van der Waals surface area contributed by atoms with Gasteiger partial charge in [-0.2, -0.15) is 0 Å². The van der Waals surface area contributed by atoms with Crippen molar-refractivity contribution in [2.45, 2.75) is 0 Å². The molecular weight excluding hydrogens is 300 g/mol. The van der Waals surface area contributed by atoms with Gasteiger partial charge in [-0.05, 0) is 24.3 Å². The molecule has 0 radical (unpaired) electrons. The Balaban J connectivity index is 1.94. The van der Waals surface area contributed by atoms with Crippen LogP contribution in [0.2, 0.25) is 0 Å². The maximum absolute atomic E-state index is 5.23. The summed E-state index contributed by atoms with van der Waals surface area (Å²) in [6.07, 6.45) is 3.67. The molecule has 0 amide bonds. The highest BCUT2D eigenvalue weighted by Crippen LogP contribution is 2.31. The van der Waals surface area contributed by atoms with E-state index >= 15 is 0 Å². The van der Waals surface area contributed by atoms with Crippen molar-refractivity contribution in [1.82, 2.24) is 19.7 Å². The average molecular weight is 316 g/mol. The fourth-order valence-electron chi connectivity index (χ4n) is 2.82. The first-order valence-corrected chi connectivity index (χ1v) is 7.65. The molecule has 0 unspecified atom stereocenters. The van der Waals surface area contributed by atoms with Crippen molar-refractivity contribution >= 4 is 10.8 Å². The van der Waals surface area contributed by atoms with Gasteiger partial charge in [-0.25, -0.2) is 4.98 Å². The fourth-order valence-corrected chi connectivity index (χ4v) is 2.82. The van der Waals surface area contributed by atoms with Crippen molar-refractivity contribution < 1.29 is 4.74 Å². The van der Waals surface area contributed by atoms with Gasteiger partial charge in [0.05, 0.1) is 7.11 Å². The van der Waals surface area contributed by atoms with Gasteiger partial charge in [0.2, 0.25) is 0 Å². The molecule has 0 fully saturated rings. The number of nitrogens with zero attached hydrogens (tertiary/aromatic N) is 4. The lowest BCUT2D eigenvalue weighted by atomic mass is 10.0. The third kappa shape index (κ3) is 2.31. The minimum absolute atomic E-state index is 0.787. The molecule has 0 bridgehead atoms. The number of ether oxygens (including phenoxy) is 1. The zero-order valence-electron chi connectivity index (χ0n) is 13.5. The van der Waals surface area contributed by atoms with Crippen LogP contribution in [-0.4, -0.2) is 26.9 Å². The lowest BCUT2D eigenvalue weighted by Gasteiger charge is -2.10. The van der Waals surface area contributed by atoms with Gasteiger partial charge in [0, 0.05) is 35.8 Å². The standard InChI is InChI=1S/C19H16N4O/c1-23-12-11-20-19(23)18-16-6-4-3-5-15(16)17(21-22-18)13-7-9-14(24-2)10-8-13/h3-12H,1-2H3. The van der Waals surface area contributed by atoms with E-state index in [0.29, 0.717) is 0 Å². The molecule has 0 aliphatic carbocycles. The monoisotopic (exact) mass is 316 g/mol. The highest BCUT2D eigenvalue weighted by atomic mass is 16.5. The SMILES string of the molecule is COc1ccc(-c2nnc(-c3nccn3C)c3ccccc23)cc1. The number of methoxy groups -OCH3 is 1. The Bertz CT molecular complexity index is 1010. The number of benzene rings is 2. The summed E-state index contributed by atoms with van der Waals surface area (Å²) in [5.41, 5.74) is 2.65. The first-order chi connectivity index (χ1) is 11.8. The van der Waals surface area contributed by atoms with Crippen molar-refractivity contribution in [2.24, 2.45) is 7.05 Å². The van der Waals surface area contributed by atoms with Crippen LogP contribution in [0.5, 0.6) is 5.75 Å². The van der Waals surface area contributed by atoms with E-state index in [1.165, 1.54) is 0 Å².